The second-order valence-corrected chi connectivity index (χ2v) is 7.71. The molecule has 2 heterocycles. The topological polar surface area (TPSA) is 135 Å². The Balaban J connectivity index is 1.22. The summed E-state index contributed by atoms with van der Waals surface area (Å²) in [5, 5.41) is 6.20. The SMILES string of the molecule is Cc1cc(N)c2cc(OC(=O)Nc3ccc(NC(=O)c4ccc5nc[nH]c5c4)cc3)ccc2n1. The molecule has 34 heavy (non-hydrogen) atoms. The van der Waals surface area contributed by atoms with Crippen LogP contribution < -0.4 is 21.1 Å². The lowest BCUT2D eigenvalue weighted by molar-refractivity contribution is 0.102. The zero-order valence-corrected chi connectivity index (χ0v) is 18.1. The van der Waals surface area contributed by atoms with Gasteiger partial charge in [0.2, 0.25) is 0 Å². The number of hydrogen-bond donors (Lipinski definition) is 4. The highest BCUT2D eigenvalue weighted by Crippen LogP contribution is 2.25. The van der Waals surface area contributed by atoms with Gasteiger partial charge in [0, 0.05) is 33.7 Å². The fourth-order valence-electron chi connectivity index (χ4n) is 3.60. The lowest BCUT2D eigenvalue weighted by Gasteiger charge is -2.10. The minimum Gasteiger partial charge on any atom is -0.410 e. The molecule has 0 aliphatic carbocycles. The molecule has 0 radical (unpaired) electrons. The predicted octanol–water partition coefficient (Wildman–Crippen LogP) is 4.86. The van der Waals surface area contributed by atoms with E-state index in [0.717, 1.165) is 22.2 Å². The summed E-state index contributed by atoms with van der Waals surface area (Å²) in [6, 6.07) is 18.8. The number of ether oxygens (including phenoxy) is 1. The fourth-order valence-corrected chi connectivity index (χ4v) is 3.60. The molecule has 0 unspecified atom stereocenters. The monoisotopic (exact) mass is 452 g/mol. The van der Waals surface area contributed by atoms with Crippen molar-refractivity contribution in [3.63, 3.8) is 0 Å². The molecular formula is C25H20N6O3. The van der Waals surface area contributed by atoms with Crippen LogP contribution >= 0.6 is 0 Å². The van der Waals surface area contributed by atoms with Gasteiger partial charge in [-0.15, -0.1) is 0 Å². The smallest absolute Gasteiger partial charge is 0.410 e. The van der Waals surface area contributed by atoms with Crippen molar-refractivity contribution in [2.45, 2.75) is 6.92 Å². The maximum absolute atomic E-state index is 12.5. The molecule has 9 nitrogen and oxygen atoms in total. The molecule has 168 valence electrons. The quantitative estimate of drug-likeness (QED) is 0.307. The first-order valence-corrected chi connectivity index (χ1v) is 10.4. The van der Waals surface area contributed by atoms with Crippen LogP contribution in [0, 0.1) is 6.92 Å². The summed E-state index contributed by atoms with van der Waals surface area (Å²) in [5.41, 5.74) is 11.3. The molecule has 5 N–H and O–H groups in total. The molecule has 0 aliphatic rings. The molecular weight excluding hydrogens is 432 g/mol. The molecule has 0 fully saturated rings. The molecule has 0 saturated carbocycles. The van der Waals surface area contributed by atoms with Crippen molar-refractivity contribution < 1.29 is 14.3 Å². The number of hydrogen-bond acceptors (Lipinski definition) is 6. The zero-order valence-electron chi connectivity index (χ0n) is 18.1. The summed E-state index contributed by atoms with van der Waals surface area (Å²) in [5.74, 6) is 0.0948. The predicted molar refractivity (Wildman–Crippen MR) is 131 cm³/mol. The average Bonchev–Trinajstić information content (AvgIpc) is 3.28. The van der Waals surface area contributed by atoms with E-state index >= 15 is 0 Å². The number of carbonyl (C=O) groups excluding carboxylic acids is 2. The Morgan fingerprint density at radius 1 is 0.912 bits per heavy atom. The molecule has 5 rings (SSSR count). The highest BCUT2D eigenvalue weighted by molar-refractivity contribution is 6.06. The van der Waals surface area contributed by atoms with E-state index in [0.29, 0.717) is 33.8 Å². The number of rotatable bonds is 4. The van der Waals surface area contributed by atoms with E-state index in [1.165, 1.54) is 0 Å². The van der Waals surface area contributed by atoms with E-state index in [1.807, 2.05) is 6.92 Å². The van der Waals surface area contributed by atoms with Crippen LogP contribution in [-0.4, -0.2) is 27.0 Å². The van der Waals surface area contributed by atoms with Gasteiger partial charge in [0.1, 0.15) is 5.75 Å². The minimum atomic E-state index is -0.650. The highest BCUT2D eigenvalue weighted by atomic mass is 16.6. The van der Waals surface area contributed by atoms with Gasteiger partial charge in [-0.25, -0.2) is 9.78 Å². The molecule has 2 aromatic heterocycles. The van der Waals surface area contributed by atoms with Gasteiger partial charge in [0.15, 0.2) is 0 Å². The molecule has 0 atom stereocenters. The Labute approximate surface area is 194 Å². The number of nitrogen functional groups attached to an aromatic ring is 1. The number of benzene rings is 3. The molecule has 0 bridgehead atoms. The first-order valence-electron chi connectivity index (χ1n) is 10.4. The number of H-pyrrole nitrogens is 1. The summed E-state index contributed by atoms with van der Waals surface area (Å²) in [7, 11) is 0. The molecule has 9 heteroatoms. The maximum atomic E-state index is 12.5. The molecule has 0 saturated heterocycles. The Morgan fingerprint density at radius 2 is 1.65 bits per heavy atom. The van der Waals surface area contributed by atoms with Crippen LogP contribution in [0.15, 0.2) is 73.1 Å². The minimum absolute atomic E-state index is 0.253. The lowest BCUT2D eigenvalue weighted by Crippen LogP contribution is -2.17. The number of amides is 2. The Morgan fingerprint density at radius 3 is 2.44 bits per heavy atom. The Kier molecular flexibility index (Phi) is 5.27. The summed E-state index contributed by atoms with van der Waals surface area (Å²) < 4.78 is 5.38. The summed E-state index contributed by atoms with van der Waals surface area (Å²) in [6.45, 7) is 1.87. The number of nitrogens with two attached hydrogens (primary N) is 1. The fraction of sp³-hybridized carbons (Fsp3) is 0.0400. The molecule has 0 aliphatic heterocycles. The standard InChI is InChI=1S/C25H20N6O3/c1-14-10-20(26)19-12-18(7-9-21(19)29-14)34-25(33)31-17-5-3-16(4-6-17)30-24(32)15-2-8-22-23(11-15)28-13-27-22/h2-13H,1H3,(H2,26,29)(H,27,28)(H,30,32)(H,31,33). The van der Waals surface area contributed by atoms with Crippen molar-refractivity contribution in [3.05, 3.63) is 84.3 Å². The van der Waals surface area contributed by atoms with Crippen LogP contribution in [0.5, 0.6) is 5.75 Å². The number of aromatic amines is 1. The molecule has 3 aromatic carbocycles. The van der Waals surface area contributed by atoms with Crippen molar-refractivity contribution in [1.82, 2.24) is 15.0 Å². The summed E-state index contributed by atoms with van der Waals surface area (Å²) in [4.78, 5) is 36.4. The third kappa shape index (κ3) is 4.35. The number of imidazole rings is 1. The van der Waals surface area contributed by atoms with Crippen molar-refractivity contribution in [1.29, 1.82) is 0 Å². The number of pyridine rings is 1. The van der Waals surface area contributed by atoms with Crippen LogP contribution in [0.3, 0.4) is 0 Å². The van der Waals surface area contributed by atoms with Gasteiger partial charge in [-0.05, 0) is 73.7 Å². The second-order valence-electron chi connectivity index (χ2n) is 7.71. The van der Waals surface area contributed by atoms with Crippen molar-refractivity contribution >= 4 is 51.0 Å². The van der Waals surface area contributed by atoms with Crippen LogP contribution in [-0.2, 0) is 0 Å². The van der Waals surface area contributed by atoms with E-state index in [9.17, 15) is 9.59 Å². The van der Waals surface area contributed by atoms with Gasteiger partial charge in [0.05, 0.1) is 22.9 Å². The van der Waals surface area contributed by atoms with E-state index in [4.69, 9.17) is 10.5 Å². The van der Waals surface area contributed by atoms with E-state index in [-0.39, 0.29) is 5.91 Å². The number of aromatic nitrogens is 3. The van der Waals surface area contributed by atoms with Gasteiger partial charge < -0.3 is 20.8 Å². The first-order chi connectivity index (χ1) is 16.4. The van der Waals surface area contributed by atoms with E-state index < -0.39 is 6.09 Å². The Hall–Kier alpha value is -4.92. The number of aryl methyl sites for hydroxylation is 1. The van der Waals surface area contributed by atoms with E-state index in [1.54, 1.807) is 73.1 Å². The van der Waals surface area contributed by atoms with Crippen LogP contribution in [0.4, 0.5) is 21.9 Å². The van der Waals surface area contributed by atoms with Crippen LogP contribution in [0.1, 0.15) is 16.1 Å². The summed E-state index contributed by atoms with van der Waals surface area (Å²) in [6.07, 6.45) is 0.930. The number of nitrogens with one attached hydrogen (secondary N) is 3. The van der Waals surface area contributed by atoms with Crippen LogP contribution in [0.25, 0.3) is 21.9 Å². The lowest BCUT2D eigenvalue weighted by atomic mass is 10.1. The Bertz CT molecular complexity index is 1540. The number of nitrogens with zero attached hydrogens (tertiary/aromatic N) is 2. The third-order valence-corrected chi connectivity index (χ3v) is 5.22. The molecule has 5 aromatic rings. The normalized spacial score (nSPS) is 10.9. The number of anilines is 3. The van der Waals surface area contributed by atoms with Gasteiger partial charge in [-0.3, -0.25) is 15.1 Å². The first kappa shape index (κ1) is 21.0. The third-order valence-electron chi connectivity index (χ3n) is 5.22. The highest BCUT2D eigenvalue weighted by Gasteiger charge is 2.10. The number of fused-ring (bicyclic) bond motifs is 2. The summed E-state index contributed by atoms with van der Waals surface area (Å²) >= 11 is 0. The number of carbonyl (C=O) groups is 2. The van der Waals surface area contributed by atoms with Gasteiger partial charge in [-0.1, -0.05) is 0 Å². The average molecular weight is 452 g/mol. The van der Waals surface area contributed by atoms with Crippen molar-refractivity contribution in [3.8, 4) is 5.75 Å². The largest absolute Gasteiger partial charge is 0.417 e. The molecule has 0 spiro atoms. The van der Waals surface area contributed by atoms with Gasteiger partial charge in [0.25, 0.3) is 5.91 Å². The second kappa shape index (κ2) is 8.55. The van der Waals surface area contributed by atoms with E-state index in [2.05, 4.69) is 25.6 Å². The van der Waals surface area contributed by atoms with Gasteiger partial charge >= 0.3 is 6.09 Å². The maximum Gasteiger partial charge on any atom is 0.417 e. The van der Waals surface area contributed by atoms with Crippen LogP contribution in [0.2, 0.25) is 0 Å². The van der Waals surface area contributed by atoms with Crippen molar-refractivity contribution in [2.24, 2.45) is 0 Å². The van der Waals surface area contributed by atoms with Crippen molar-refractivity contribution in [2.75, 3.05) is 16.4 Å². The zero-order chi connectivity index (χ0) is 23.7. The van der Waals surface area contributed by atoms with Gasteiger partial charge in [-0.2, -0.15) is 0 Å². The molecule has 2 amide bonds.